The molecule has 0 aliphatic carbocycles. The predicted octanol–water partition coefficient (Wildman–Crippen LogP) is 4.02. The van der Waals surface area contributed by atoms with Gasteiger partial charge in [-0.2, -0.15) is 4.37 Å². The molecule has 0 radical (unpaired) electrons. The Morgan fingerprint density at radius 1 is 1.26 bits per heavy atom. The molecule has 6 heteroatoms. The van der Waals surface area contributed by atoms with E-state index in [0.717, 1.165) is 38.0 Å². The first kappa shape index (κ1) is 12.3. The van der Waals surface area contributed by atoms with E-state index in [2.05, 4.69) is 21.3 Å². The van der Waals surface area contributed by atoms with Gasteiger partial charge in [0.05, 0.1) is 11.1 Å². The summed E-state index contributed by atoms with van der Waals surface area (Å²) in [5.41, 5.74) is 4.45. The van der Waals surface area contributed by atoms with Crippen LogP contribution in [0.2, 0.25) is 0 Å². The second-order valence-corrected chi connectivity index (χ2v) is 5.07. The molecule has 4 nitrogen and oxygen atoms in total. The molecule has 0 fully saturated rings. The summed E-state index contributed by atoms with van der Waals surface area (Å²) in [5, 5.41) is 2.06. The molecule has 0 aromatic carbocycles. The summed E-state index contributed by atoms with van der Waals surface area (Å²) in [4.78, 5) is 9.87. The van der Waals surface area contributed by atoms with Gasteiger partial charge in [0.2, 0.25) is 5.71 Å². The Labute approximate surface area is 119 Å². The third kappa shape index (κ3) is 1.55. The first-order valence-corrected chi connectivity index (χ1v) is 6.43. The van der Waals surface area contributed by atoms with E-state index in [-0.39, 0.29) is 12.4 Å². The molecule has 4 aromatic heterocycles. The van der Waals surface area contributed by atoms with Crippen molar-refractivity contribution in [3.05, 3.63) is 29.6 Å². The maximum Gasteiger partial charge on any atom is 0.228 e. The zero-order valence-electron chi connectivity index (χ0n) is 10.3. The molecular formula is C13H10ClN3OS. The van der Waals surface area contributed by atoms with Gasteiger partial charge in [0.25, 0.3) is 0 Å². The lowest BCUT2D eigenvalue weighted by molar-refractivity contribution is 0.651. The maximum atomic E-state index is 5.82. The zero-order valence-corrected chi connectivity index (χ0v) is 11.9. The van der Waals surface area contributed by atoms with Gasteiger partial charge in [0.15, 0.2) is 5.58 Å². The number of furan rings is 1. The number of hydrogen-bond acceptors (Lipinski definition) is 5. The Balaban J connectivity index is 0.00000110. The van der Waals surface area contributed by atoms with Crippen molar-refractivity contribution in [3.8, 4) is 0 Å². The number of fused-ring (bicyclic) bond motifs is 4. The van der Waals surface area contributed by atoms with Crippen LogP contribution >= 0.6 is 23.9 Å². The molecule has 19 heavy (non-hydrogen) atoms. The average molecular weight is 292 g/mol. The van der Waals surface area contributed by atoms with Gasteiger partial charge < -0.3 is 4.42 Å². The number of aryl methyl sites for hydroxylation is 2. The second kappa shape index (κ2) is 4.15. The van der Waals surface area contributed by atoms with Crippen molar-refractivity contribution < 1.29 is 4.42 Å². The maximum absolute atomic E-state index is 5.82. The van der Waals surface area contributed by atoms with Crippen LogP contribution in [0.15, 0.2) is 22.7 Å². The monoisotopic (exact) mass is 291 g/mol. The minimum absolute atomic E-state index is 0. The molecule has 0 aliphatic heterocycles. The van der Waals surface area contributed by atoms with Crippen LogP contribution in [0.25, 0.3) is 32.4 Å². The highest BCUT2D eigenvalue weighted by atomic mass is 35.5. The first-order chi connectivity index (χ1) is 8.75. The largest absolute Gasteiger partial charge is 0.436 e. The van der Waals surface area contributed by atoms with Crippen molar-refractivity contribution in [3.63, 3.8) is 0 Å². The van der Waals surface area contributed by atoms with Gasteiger partial charge in [-0.1, -0.05) is 0 Å². The summed E-state index contributed by atoms with van der Waals surface area (Å²) in [7, 11) is 0. The average Bonchev–Trinajstić information content (AvgIpc) is 2.92. The Bertz CT molecular complexity index is 912. The summed E-state index contributed by atoms with van der Waals surface area (Å²) >= 11 is 1.43. The van der Waals surface area contributed by atoms with Gasteiger partial charge >= 0.3 is 0 Å². The molecule has 0 saturated carbocycles. The lowest BCUT2D eigenvalue weighted by Crippen LogP contribution is -1.82. The molecule has 4 rings (SSSR count). The van der Waals surface area contributed by atoms with Crippen LogP contribution in [-0.2, 0) is 0 Å². The number of nitrogens with zero attached hydrogens (tertiary/aromatic N) is 3. The van der Waals surface area contributed by atoms with E-state index in [9.17, 15) is 0 Å². The molecule has 0 atom stereocenters. The number of halogens is 1. The van der Waals surface area contributed by atoms with Crippen molar-refractivity contribution in [1.29, 1.82) is 0 Å². The Kier molecular flexibility index (Phi) is 2.69. The lowest BCUT2D eigenvalue weighted by Gasteiger charge is -1.97. The molecule has 0 unspecified atom stereocenters. The van der Waals surface area contributed by atoms with Gasteiger partial charge in [-0.15, -0.1) is 12.4 Å². The van der Waals surface area contributed by atoms with E-state index in [1.165, 1.54) is 11.5 Å². The fraction of sp³-hybridized carbons (Fsp3) is 0.154. The molecular weight excluding hydrogens is 282 g/mol. The minimum atomic E-state index is 0. The van der Waals surface area contributed by atoms with Crippen molar-refractivity contribution >= 4 is 56.4 Å². The molecule has 4 heterocycles. The fourth-order valence-corrected chi connectivity index (χ4v) is 3.20. The SMILES string of the molecule is Cc1nsc2nc3c(oc4ncccc43)c(C)c12.Cl. The number of rotatable bonds is 0. The second-order valence-electron chi connectivity index (χ2n) is 4.32. The number of aromatic nitrogens is 3. The summed E-state index contributed by atoms with van der Waals surface area (Å²) in [6, 6.07) is 3.89. The molecule has 0 aliphatic rings. The first-order valence-electron chi connectivity index (χ1n) is 5.65. The Hall–Kier alpha value is -1.72. The Morgan fingerprint density at radius 3 is 2.95 bits per heavy atom. The predicted molar refractivity (Wildman–Crippen MR) is 79.2 cm³/mol. The smallest absolute Gasteiger partial charge is 0.228 e. The third-order valence-electron chi connectivity index (χ3n) is 3.21. The van der Waals surface area contributed by atoms with Crippen molar-refractivity contribution in [2.75, 3.05) is 0 Å². The number of pyridine rings is 2. The van der Waals surface area contributed by atoms with E-state index >= 15 is 0 Å². The highest BCUT2D eigenvalue weighted by Gasteiger charge is 2.16. The highest BCUT2D eigenvalue weighted by Crippen LogP contribution is 2.34. The van der Waals surface area contributed by atoms with Crippen molar-refractivity contribution in [2.45, 2.75) is 13.8 Å². The minimum Gasteiger partial charge on any atom is -0.436 e. The molecule has 4 aromatic rings. The Morgan fingerprint density at radius 2 is 2.11 bits per heavy atom. The zero-order chi connectivity index (χ0) is 12.3. The molecule has 0 spiro atoms. The van der Waals surface area contributed by atoms with E-state index in [1.54, 1.807) is 6.20 Å². The number of hydrogen-bond donors (Lipinski definition) is 0. The van der Waals surface area contributed by atoms with Crippen LogP contribution in [0.3, 0.4) is 0 Å². The van der Waals surface area contributed by atoms with Crippen LogP contribution in [-0.4, -0.2) is 14.3 Å². The van der Waals surface area contributed by atoms with E-state index in [0.29, 0.717) is 5.71 Å². The van der Waals surface area contributed by atoms with E-state index < -0.39 is 0 Å². The quantitative estimate of drug-likeness (QED) is 0.491. The van der Waals surface area contributed by atoms with Crippen LogP contribution in [0.4, 0.5) is 0 Å². The van der Waals surface area contributed by atoms with E-state index in [1.807, 2.05) is 19.1 Å². The fourth-order valence-electron chi connectivity index (χ4n) is 2.37. The lowest BCUT2D eigenvalue weighted by atomic mass is 10.1. The summed E-state index contributed by atoms with van der Waals surface area (Å²) in [6.07, 6.45) is 1.73. The third-order valence-corrected chi connectivity index (χ3v) is 4.05. The van der Waals surface area contributed by atoms with Crippen LogP contribution in [0.1, 0.15) is 11.3 Å². The van der Waals surface area contributed by atoms with Gasteiger partial charge in [0.1, 0.15) is 10.3 Å². The molecule has 0 amide bonds. The molecule has 0 N–H and O–H groups in total. The summed E-state index contributed by atoms with van der Waals surface area (Å²) in [5.74, 6) is 0. The van der Waals surface area contributed by atoms with Crippen LogP contribution < -0.4 is 0 Å². The molecule has 0 bridgehead atoms. The molecule has 96 valence electrons. The van der Waals surface area contributed by atoms with Gasteiger partial charge in [-0.25, -0.2) is 9.97 Å². The topological polar surface area (TPSA) is 51.8 Å². The van der Waals surface area contributed by atoms with Crippen molar-refractivity contribution in [1.82, 2.24) is 14.3 Å². The summed E-state index contributed by atoms with van der Waals surface area (Å²) < 4.78 is 10.2. The van der Waals surface area contributed by atoms with Crippen LogP contribution in [0.5, 0.6) is 0 Å². The van der Waals surface area contributed by atoms with Gasteiger partial charge in [0, 0.05) is 17.1 Å². The molecule has 0 saturated heterocycles. The summed E-state index contributed by atoms with van der Waals surface area (Å²) in [6.45, 7) is 4.05. The van der Waals surface area contributed by atoms with Gasteiger partial charge in [-0.3, -0.25) is 0 Å². The van der Waals surface area contributed by atoms with Gasteiger partial charge in [-0.05, 0) is 37.5 Å². The normalized spacial score (nSPS) is 11.3. The highest BCUT2D eigenvalue weighted by molar-refractivity contribution is 7.13. The van der Waals surface area contributed by atoms with E-state index in [4.69, 9.17) is 4.42 Å². The standard InChI is InChI=1S/C13H9N3OS.ClH/c1-6-9-7(2)16-18-13(9)15-10-8-4-3-5-14-12(8)17-11(6)10;/h3-5H,1-2H3;1H. The van der Waals surface area contributed by atoms with Crippen molar-refractivity contribution in [2.24, 2.45) is 0 Å². The van der Waals surface area contributed by atoms with Crippen LogP contribution in [0, 0.1) is 13.8 Å².